The van der Waals surface area contributed by atoms with Crippen LogP contribution in [-0.4, -0.2) is 48.3 Å². The van der Waals surface area contributed by atoms with E-state index in [0.29, 0.717) is 29.1 Å². The smallest absolute Gasteiger partial charge is 0.399 e. The fourth-order valence-corrected chi connectivity index (χ4v) is 3.19. The average Bonchev–Trinajstić information content (AvgIpc) is 3.00. The summed E-state index contributed by atoms with van der Waals surface area (Å²) in [5.41, 5.74) is 6.25. The Labute approximate surface area is 148 Å². The van der Waals surface area contributed by atoms with Gasteiger partial charge in [-0.25, -0.2) is 0 Å². The monoisotopic (exact) mass is 350 g/mol. The van der Waals surface area contributed by atoms with E-state index in [1.807, 2.05) is 27.7 Å². The van der Waals surface area contributed by atoms with E-state index in [1.54, 1.807) is 23.1 Å². The van der Waals surface area contributed by atoms with Crippen molar-refractivity contribution in [3.63, 3.8) is 0 Å². The van der Waals surface area contributed by atoms with Gasteiger partial charge in [-0.2, -0.15) is 0 Å². The number of carbonyl (C=O) groups excluding carboxylic acids is 1. The fraction of sp³-hybridized carbons (Fsp3) is 0.588. The largest absolute Gasteiger partial charge is 0.496 e. The van der Waals surface area contributed by atoms with Crippen molar-refractivity contribution in [3.8, 4) is 0 Å². The molecule has 2 aliphatic rings. The van der Waals surface area contributed by atoms with Crippen LogP contribution in [0.4, 0.5) is 0 Å². The molecular weight excluding hydrogens is 326 g/mol. The first-order valence-corrected chi connectivity index (χ1v) is 8.68. The summed E-state index contributed by atoms with van der Waals surface area (Å²) in [6.45, 7) is 9.23. The maximum absolute atomic E-state index is 12.7. The third-order valence-corrected chi connectivity index (χ3v) is 5.61. The van der Waals surface area contributed by atoms with E-state index in [2.05, 4.69) is 0 Å². The van der Waals surface area contributed by atoms with Crippen molar-refractivity contribution in [2.45, 2.75) is 51.4 Å². The number of hydrogen-bond acceptors (Lipinski definition) is 4. The second-order valence-corrected chi connectivity index (χ2v) is 8.03. The molecule has 2 aliphatic heterocycles. The highest BCUT2D eigenvalue weighted by Crippen LogP contribution is 2.37. The molecule has 5 nitrogen and oxygen atoms in total. The minimum Gasteiger partial charge on any atom is -0.399 e. The molecule has 2 heterocycles. The van der Waals surface area contributed by atoms with Crippen molar-refractivity contribution in [1.82, 2.24) is 4.90 Å². The molecule has 1 amide bonds. The van der Waals surface area contributed by atoms with Crippen LogP contribution in [0.5, 0.6) is 0 Å². The second kappa shape index (κ2) is 6.02. The van der Waals surface area contributed by atoms with Crippen molar-refractivity contribution in [2.75, 3.05) is 13.1 Å². The van der Waals surface area contributed by atoms with E-state index < -0.39 is 18.3 Å². The molecule has 2 fully saturated rings. The molecule has 0 saturated carbocycles. The van der Waals surface area contributed by atoms with Crippen LogP contribution in [0.2, 0.25) is 5.02 Å². The number of hydrogen-bond donors (Lipinski definition) is 1. The molecule has 0 aromatic heterocycles. The summed E-state index contributed by atoms with van der Waals surface area (Å²) >= 11 is 6.35. The molecule has 0 bridgehead atoms. The topological polar surface area (TPSA) is 64.8 Å². The van der Waals surface area contributed by atoms with Gasteiger partial charge < -0.3 is 19.9 Å². The Morgan fingerprint density at radius 1 is 1.29 bits per heavy atom. The molecule has 3 rings (SSSR count). The van der Waals surface area contributed by atoms with Gasteiger partial charge in [-0.05, 0) is 52.3 Å². The Balaban J connectivity index is 1.86. The zero-order valence-corrected chi connectivity index (χ0v) is 15.4. The molecule has 24 heavy (non-hydrogen) atoms. The van der Waals surface area contributed by atoms with E-state index >= 15 is 0 Å². The molecule has 0 spiro atoms. The lowest BCUT2D eigenvalue weighted by Crippen LogP contribution is -2.41. The standard InChI is InChI=1S/C17H24BClN2O3/c1-16(2)17(3,4)24-18(23-16)13-9-11(5-6-14(13)19)15(22)21-8-7-12(20)10-21/h5-6,9,12H,7-8,10,20H2,1-4H3/t12-/m1/s1. The van der Waals surface area contributed by atoms with Crippen LogP contribution in [0.15, 0.2) is 18.2 Å². The number of halogens is 1. The highest BCUT2D eigenvalue weighted by atomic mass is 35.5. The molecule has 1 atom stereocenters. The van der Waals surface area contributed by atoms with Crippen LogP contribution in [0.25, 0.3) is 0 Å². The van der Waals surface area contributed by atoms with Crippen LogP contribution in [0, 0.1) is 0 Å². The molecule has 130 valence electrons. The molecule has 0 radical (unpaired) electrons. The van der Waals surface area contributed by atoms with Crippen molar-refractivity contribution < 1.29 is 14.1 Å². The summed E-state index contributed by atoms with van der Waals surface area (Å²) in [5, 5.41) is 0.531. The van der Waals surface area contributed by atoms with Crippen molar-refractivity contribution in [3.05, 3.63) is 28.8 Å². The third-order valence-electron chi connectivity index (χ3n) is 5.26. The Hall–Kier alpha value is -1.08. The SMILES string of the molecule is CC1(C)OB(c2cc(C(=O)N3CC[C@@H](N)C3)ccc2Cl)OC1(C)C. The van der Waals surface area contributed by atoms with Gasteiger partial charge in [0, 0.05) is 35.2 Å². The van der Waals surface area contributed by atoms with E-state index in [4.69, 9.17) is 26.6 Å². The molecule has 1 aromatic carbocycles. The number of likely N-dealkylation sites (tertiary alicyclic amines) is 1. The average molecular weight is 351 g/mol. The fourth-order valence-electron chi connectivity index (χ4n) is 2.98. The zero-order chi connectivity index (χ0) is 17.7. The predicted molar refractivity (Wildman–Crippen MR) is 95.7 cm³/mol. The Kier molecular flexibility index (Phi) is 4.45. The maximum atomic E-state index is 12.7. The van der Waals surface area contributed by atoms with Gasteiger partial charge in [0.25, 0.3) is 5.91 Å². The van der Waals surface area contributed by atoms with Crippen LogP contribution < -0.4 is 11.2 Å². The van der Waals surface area contributed by atoms with Gasteiger partial charge in [-0.3, -0.25) is 4.79 Å². The van der Waals surface area contributed by atoms with Crippen molar-refractivity contribution in [2.24, 2.45) is 5.73 Å². The predicted octanol–water partition coefficient (Wildman–Crippen LogP) is 1.81. The minimum absolute atomic E-state index is 0.0302. The van der Waals surface area contributed by atoms with Crippen molar-refractivity contribution in [1.29, 1.82) is 0 Å². The van der Waals surface area contributed by atoms with E-state index in [1.165, 1.54) is 0 Å². The van der Waals surface area contributed by atoms with Crippen LogP contribution in [0.1, 0.15) is 44.5 Å². The third kappa shape index (κ3) is 3.08. The molecule has 2 saturated heterocycles. The van der Waals surface area contributed by atoms with Gasteiger partial charge >= 0.3 is 7.12 Å². The normalized spacial score (nSPS) is 25.3. The molecule has 0 aliphatic carbocycles. The van der Waals surface area contributed by atoms with E-state index in [9.17, 15) is 4.79 Å². The summed E-state index contributed by atoms with van der Waals surface area (Å²) in [7, 11) is -0.587. The summed E-state index contributed by atoms with van der Waals surface area (Å²) in [4.78, 5) is 14.5. The maximum Gasteiger partial charge on any atom is 0.496 e. The molecular formula is C17H24BClN2O3. The highest BCUT2D eigenvalue weighted by molar-refractivity contribution is 6.65. The van der Waals surface area contributed by atoms with Crippen molar-refractivity contribution >= 4 is 30.1 Å². The lowest BCUT2D eigenvalue weighted by Gasteiger charge is -2.32. The van der Waals surface area contributed by atoms with Gasteiger partial charge in [0.1, 0.15) is 0 Å². The first-order valence-electron chi connectivity index (χ1n) is 8.31. The van der Waals surface area contributed by atoms with Gasteiger partial charge in [0.2, 0.25) is 0 Å². The second-order valence-electron chi connectivity index (χ2n) is 7.62. The summed E-state index contributed by atoms with van der Waals surface area (Å²) in [5.74, 6) is -0.0302. The Morgan fingerprint density at radius 2 is 1.92 bits per heavy atom. The molecule has 0 unspecified atom stereocenters. The first-order chi connectivity index (χ1) is 11.1. The lowest BCUT2D eigenvalue weighted by molar-refractivity contribution is 0.00578. The minimum atomic E-state index is -0.587. The van der Waals surface area contributed by atoms with Crippen LogP contribution in [-0.2, 0) is 9.31 Å². The Morgan fingerprint density at radius 3 is 2.46 bits per heavy atom. The number of benzene rings is 1. The summed E-state index contributed by atoms with van der Waals surface area (Å²) in [6.07, 6.45) is 0.837. The quantitative estimate of drug-likeness (QED) is 0.826. The molecule has 7 heteroatoms. The number of amides is 1. The number of nitrogens with zero attached hydrogens (tertiary/aromatic N) is 1. The number of nitrogens with two attached hydrogens (primary N) is 1. The lowest BCUT2D eigenvalue weighted by atomic mass is 9.78. The first kappa shape index (κ1) is 17.7. The zero-order valence-electron chi connectivity index (χ0n) is 14.6. The van der Waals surface area contributed by atoms with E-state index in [-0.39, 0.29) is 11.9 Å². The molecule has 2 N–H and O–H groups in total. The van der Waals surface area contributed by atoms with E-state index in [0.717, 1.165) is 6.42 Å². The Bertz CT molecular complexity index is 649. The van der Waals surface area contributed by atoms with Gasteiger partial charge in [-0.1, -0.05) is 11.6 Å². The highest BCUT2D eigenvalue weighted by Gasteiger charge is 2.52. The molecule has 1 aromatic rings. The number of carbonyl (C=O) groups is 1. The van der Waals surface area contributed by atoms with Crippen LogP contribution in [0.3, 0.4) is 0 Å². The number of rotatable bonds is 2. The van der Waals surface area contributed by atoms with Crippen LogP contribution >= 0.6 is 11.6 Å². The van der Waals surface area contributed by atoms with Gasteiger partial charge in [0.15, 0.2) is 0 Å². The summed E-state index contributed by atoms with van der Waals surface area (Å²) in [6, 6.07) is 5.30. The summed E-state index contributed by atoms with van der Waals surface area (Å²) < 4.78 is 12.1. The van der Waals surface area contributed by atoms with Gasteiger partial charge in [-0.15, -0.1) is 0 Å². The van der Waals surface area contributed by atoms with Gasteiger partial charge in [0.05, 0.1) is 11.2 Å².